The summed E-state index contributed by atoms with van der Waals surface area (Å²) >= 11 is 0. The van der Waals surface area contributed by atoms with Crippen molar-refractivity contribution < 1.29 is 9.53 Å². The Kier molecular flexibility index (Phi) is 4.17. The van der Waals surface area contributed by atoms with E-state index in [4.69, 9.17) is 4.74 Å². The van der Waals surface area contributed by atoms with Crippen molar-refractivity contribution in [1.82, 2.24) is 4.90 Å². The predicted molar refractivity (Wildman–Crippen MR) is 64.8 cm³/mol. The van der Waals surface area contributed by atoms with Gasteiger partial charge < -0.3 is 15.0 Å². The molecule has 0 bridgehead atoms. The van der Waals surface area contributed by atoms with Crippen LogP contribution in [0.25, 0.3) is 0 Å². The molecule has 0 aliphatic heterocycles. The molecule has 1 unspecified atom stereocenters. The molecule has 1 N–H and O–H groups in total. The van der Waals surface area contributed by atoms with Gasteiger partial charge in [0, 0.05) is 26.8 Å². The van der Waals surface area contributed by atoms with E-state index in [9.17, 15) is 4.79 Å². The summed E-state index contributed by atoms with van der Waals surface area (Å²) in [5.41, 5.74) is 1.01. The van der Waals surface area contributed by atoms with Gasteiger partial charge in [0.2, 0.25) is 0 Å². The second-order valence-electron chi connectivity index (χ2n) is 3.77. The molecule has 1 rings (SSSR count). The molecule has 0 aliphatic rings. The number of carbonyl (C=O) groups is 1. The van der Waals surface area contributed by atoms with E-state index in [2.05, 4.69) is 5.32 Å². The zero-order valence-corrected chi connectivity index (χ0v) is 10.2. The number of nitrogens with zero attached hydrogens (tertiary/aromatic N) is 1. The number of nitrogens with one attached hydrogen (secondary N) is 1. The SMILES string of the molecule is CNc1ccc(OC(C)C(=O)N(C)C)cc1. The highest BCUT2D eigenvalue weighted by Gasteiger charge is 2.16. The van der Waals surface area contributed by atoms with Crippen LogP contribution in [0.15, 0.2) is 24.3 Å². The van der Waals surface area contributed by atoms with Crippen LogP contribution in [0.4, 0.5) is 5.69 Å². The Hall–Kier alpha value is -1.71. The highest BCUT2D eigenvalue weighted by atomic mass is 16.5. The van der Waals surface area contributed by atoms with E-state index < -0.39 is 6.10 Å². The largest absolute Gasteiger partial charge is 0.481 e. The lowest BCUT2D eigenvalue weighted by Crippen LogP contribution is -2.35. The number of anilines is 1. The monoisotopic (exact) mass is 222 g/mol. The fourth-order valence-electron chi connectivity index (χ4n) is 1.32. The van der Waals surface area contributed by atoms with Crippen molar-refractivity contribution in [3.8, 4) is 5.75 Å². The molecule has 1 amide bonds. The molecular formula is C12H18N2O2. The second-order valence-corrected chi connectivity index (χ2v) is 3.77. The predicted octanol–water partition coefficient (Wildman–Crippen LogP) is 1.58. The summed E-state index contributed by atoms with van der Waals surface area (Å²) < 4.78 is 5.52. The van der Waals surface area contributed by atoms with Crippen molar-refractivity contribution >= 4 is 11.6 Å². The summed E-state index contributed by atoms with van der Waals surface area (Å²) in [6.45, 7) is 1.74. The van der Waals surface area contributed by atoms with Gasteiger partial charge >= 0.3 is 0 Å². The molecule has 0 fully saturated rings. The number of amides is 1. The summed E-state index contributed by atoms with van der Waals surface area (Å²) in [6.07, 6.45) is -0.463. The van der Waals surface area contributed by atoms with Crippen LogP contribution in [0.1, 0.15) is 6.92 Å². The van der Waals surface area contributed by atoms with Crippen LogP contribution in [-0.4, -0.2) is 38.1 Å². The van der Waals surface area contributed by atoms with Gasteiger partial charge in [0.1, 0.15) is 5.75 Å². The van der Waals surface area contributed by atoms with Gasteiger partial charge in [-0.25, -0.2) is 0 Å². The van der Waals surface area contributed by atoms with Crippen molar-refractivity contribution in [3.63, 3.8) is 0 Å². The first kappa shape index (κ1) is 12.4. The lowest BCUT2D eigenvalue weighted by Gasteiger charge is -2.18. The zero-order valence-electron chi connectivity index (χ0n) is 10.2. The Morgan fingerprint density at radius 3 is 2.31 bits per heavy atom. The Bertz CT molecular complexity index is 347. The lowest BCUT2D eigenvalue weighted by atomic mass is 10.3. The number of rotatable bonds is 4. The quantitative estimate of drug-likeness (QED) is 0.841. The molecule has 0 spiro atoms. The summed E-state index contributed by atoms with van der Waals surface area (Å²) in [7, 11) is 5.28. The maximum absolute atomic E-state index is 11.6. The number of hydrogen-bond acceptors (Lipinski definition) is 3. The number of benzene rings is 1. The van der Waals surface area contributed by atoms with E-state index in [1.807, 2.05) is 31.3 Å². The summed E-state index contributed by atoms with van der Waals surface area (Å²) in [4.78, 5) is 13.1. The Labute approximate surface area is 96.2 Å². The van der Waals surface area contributed by atoms with Gasteiger partial charge in [-0.15, -0.1) is 0 Å². The fourth-order valence-corrected chi connectivity index (χ4v) is 1.32. The number of likely N-dealkylation sites (N-methyl/N-ethyl adjacent to an activating group) is 1. The van der Waals surface area contributed by atoms with Crippen LogP contribution in [0.3, 0.4) is 0 Å². The van der Waals surface area contributed by atoms with E-state index in [1.54, 1.807) is 21.0 Å². The second kappa shape index (κ2) is 5.39. The third-order valence-electron chi connectivity index (χ3n) is 2.24. The van der Waals surface area contributed by atoms with Crippen molar-refractivity contribution in [1.29, 1.82) is 0 Å². The number of ether oxygens (including phenoxy) is 1. The minimum absolute atomic E-state index is 0.0438. The van der Waals surface area contributed by atoms with E-state index in [-0.39, 0.29) is 5.91 Å². The molecule has 0 saturated carbocycles. The van der Waals surface area contributed by atoms with Gasteiger partial charge in [-0.05, 0) is 31.2 Å². The first-order chi connectivity index (χ1) is 7.54. The van der Waals surface area contributed by atoms with E-state index in [0.29, 0.717) is 5.75 Å². The number of hydrogen-bond donors (Lipinski definition) is 1. The lowest BCUT2D eigenvalue weighted by molar-refractivity contribution is -0.135. The average molecular weight is 222 g/mol. The molecule has 0 aromatic heterocycles. The molecule has 4 heteroatoms. The van der Waals surface area contributed by atoms with Gasteiger partial charge in [0.05, 0.1) is 0 Å². The maximum Gasteiger partial charge on any atom is 0.262 e. The van der Waals surface area contributed by atoms with Crippen LogP contribution in [0.5, 0.6) is 5.75 Å². The molecule has 88 valence electrons. The molecule has 0 heterocycles. The van der Waals surface area contributed by atoms with E-state index in [1.165, 1.54) is 4.90 Å². The normalized spacial score (nSPS) is 11.8. The van der Waals surface area contributed by atoms with Crippen molar-refractivity contribution in [2.45, 2.75) is 13.0 Å². The van der Waals surface area contributed by atoms with Crippen LogP contribution < -0.4 is 10.1 Å². The van der Waals surface area contributed by atoms with Crippen molar-refractivity contribution in [2.24, 2.45) is 0 Å². The zero-order chi connectivity index (χ0) is 12.1. The van der Waals surface area contributed by atoms with Crippen LogP contribution in [0, 0.1) is 0 Å². The van der Waals surface area contributed by atoms with Gasteiger partial charge in [-0.2, -0.15) is 0 Å². The minimum atomic E-state index is -0.463. The van der Waals surface area contributed by atoms with Crippen molar-refractivity contribution in [2.75, 3.05) is 26.5 Å². The van der Waals surface area contributed by atoms with E-state index >= 15 is 0 Å². The molecule has 16 heavy (non-hydrogen) atoms. The minimum Gasteiger partial charge on any atom is -0.481 e. The third-order valence-corrected chi connectivity index (χ3v) is 2.24. The third kappa shape index (κ3) is 3.15. The molecule has 1 atom stereocenters. The fraction of sp³-hybridized carbons (Fsp3) is 0.417. The van der Waals surface area contributed by atoms with Gasteiger partial charge in [-0.3, -0.25) is 4.79 Å². The Morgan fingerprint density at radius 2 is 1.88 bits per heavy atom. The molecule has 0 saturated heterocycles. The van der Waals surface area contributed by atoms with Gasteiger partial charge in [-0.1, -0.05) is 0 Å². The maximum atomic E-state index is 11.6. The Morgan fingerprint density at radius 1 is 1.31 bits per heavy atom. The summed E-state index contributed by atoms with van der Waals surface area (Å²) in [5, 5.41) is 3.02. The standard InChI is InChI=1S/C12H18N2O2/c1-9(12(15)14(3)4)16-11-7-5-10(13-2)6-8-11/h5-9,13H,1-4H3. The molecular weight excluding hydrogens is 204 g/mol. The topological polar surface area (TPSA) is 41.6 Å². The van der Waals surface area contributed by atoms with Crippen LogP contribution in [-0.2, 0) is 4.79 Å². The van der Waals surface area contributed by atoms with Crippen LogP contribution >= 0.6 is 0 Å². The van der Waals surface area contributed by atoms with Crippen molar-refractivity contribution in [3.05, 3.63) is 24.3 Å². The molecule has 4 nitrogen and oxygen atoms in total. The molecule has 1 aromatic carbocycles. The smallest absolute Gasteiger partial charge is 0.262 e. The highest BCUT2D eigenvalue weighted by molar-refractivity contribution is 5.80. The number of carbonyl (C=O) groups excluding carboxylic acids is 1. The van der Waals surface area contributed by atoms with Gasteiger partial charge in [0.25, 0.3) is 5.91 Å². The first-order valence-corrected chi connectivity index (χ1v) is 5.20. The molecule has 0 aliphatic carbocycles. The van der Waals surface area contributed by atoms with Gasteiger partial charge in [0.15, 0.2) is 6.10 Å². The van der Waals surface area contributed by atoms with Crippen LogP contribution in [0.2, 0.25) is 0 Å². The summed E-state index contributed by atoms with van der Waals surface area (Å²) in [6, 6.07) is 7.49. The molecule has 1 aromatic rings. The average Bonchev–Trinajstić information content (AvgIpc) is 2.28. The summed E-state index contributed by atoms with van der Waals surface area (Å²) in [5.74, 6) is 0.652. The Balaban J connectivity index is 2.62. The first-order valence-electron chi connectivity index (χ1n) is 5.20. The van der Waals surface area contributed by atoms with E-state index in [0.717, 1.165) is 5.69 Å². The highest BCUT2D eigenvalue weighted by Crippen LogP contribution is 2.16. The molecule has 0 radical (unpaired) electrons.